The van der Waals surface area contributed by atoms with Crippen LogP contribution in [0.15, 0.2) is 42.6 Å². The largest absolute Gasteiger partial charge is 0.365 e. The molecule has 1 N–H and O–H groups in total. The molecule has 0 saturated carbocycles. The topological polar surface area (TPSA) is 36.1 Å². The molecule has 94 valence electrons. The van der Waals surface area contributed by atoms with Crippen LogP contribution >= 0.6 is 0 Å². The minimum Gasteiger partial charge on any atom is -0.365 e. The highest BCUT2D eigenvalue weighted by Crippen LogP contribution is 2.16. The minimum atomic E-state index is 0.116. The normalized spacial score (nSPS) is 10.3. The Bertz CT molecular complexity index is 517. The van der Waals surface area contributed by atoms with Crippen LogP contribution in [0, 0.1) is 6.92 Å². The lowest BCUT2D eigenvalue weighted by Gasteiger charge is -2.21. The third kappa shape index (κ3) is 2.80. The molecule has 0 aliphatic rings. The first-order valence-corrected chi connectivity index (χ1v) is 6.20. The summed E-state index contributed by atoms with van der Waals surface area (Å²) in [5, 5.41) is 0. The average Bonchev–Trinajstić information content (AvgIpc) is 2.83. The van der Waals surface area contributed by atoms with Crippen molar-refractivity contribution in [1.82, 2.24) is 4.98 Å². The van der Waals surface area contributed by atoms with Gasteiger partial charge < -0.3 is 9.88 Å². The number of anilines is 1. The van der Waals surface area contributed by atoms with E-state index in [1.807, 2.05) is 61.3 Å². The molecule has 0 saturated heterocycles. The lowest BCUT2D eigenvalue weighted by molar-refractivity contribution is -0.118. The second-order valence-corrected chi connectivity index (χ2v) is 4.35. The van der Waals surface area contributed by atoms with Crippen LogP contribution in [-0.4, -0.2) is 17.4 Å². The Morgan fingerprint density at radius 3 is 2.72 bits per heavy atom. The summed E-state index contributed by atoms with van der Waals surface area (Å²) >= 11 is 0. The first-order chi connectivity index (χ1) is 8.70. The monoisotopic (exact) mass is 242 g/mol. The molecule has 0 bridgehead atoms. The van der Waals surface area contributed by atoms with Gasteiger partial charge in [0.1, 0.15) is 0 Å². The number of hydrogen-bond donors (Lipinski definition) is 1. The van der Waals surface area contributed by atoms with Crippen LogP contribution < -0.4 is 4.90 Å². The molecule has 0 spiro atoms. The standard InChI is InChI=1S/C15H18N2O/c1-3-17(14-8-4-6-12(2)10-14)15(18)11-13-7-5-9-16-13/h4-10,16H,3,11H2,1-2H3. The van der Waals surface area contributed by atoms with Crippen molar-refractivity contribution in [3.05, 3.63) is 53.9 Å². The molecule has 2 rings (SSSR count). The van der Waals surface area contributed by atoms with E-state index in [-0.39, 0.29) is 5.91 Å². The number of amides is 1. The fourth-order valence-corrected chi connectivity index (χ4v) is 2.03. The second-order valence-electron chi connectivity index (χ2n) is 4.35. The maximum absolute atomic E-state index is 12.3. The molecule has 0 radical (unpaired) electrons. The Kier molecular flexibility index (Phi) is 3.82. The molecule has 3 nitrogen and oxygen atoms in total. The summed E-state index contributed by atoms with van der Waals surface area (Å²) in [5.41, 5.74) is 3.08. The van der Waals surface area contributed by atoms with E-state index < -0.39 is 0 Å². The van der Waals surface area contributed by atoms with Crippen molar-refractivity contribution >= 4 is 11.6 Å². The predicted molar refractivity (Wildman–Crippen MR) is 73.7 cm³/mol. The van der Waals surface area contributed by atoms with E-state index in [9.17, 15) is 4.79 Å². The van der Waals surface area contributed by atoms with Crippen LogP contribution in [0.4, 0.5) is 5.69 Å². The SMILES string of the molecule is CCN(C(=O)Cc1ccc[nH]1)c1cccc(C)c1. The van der Waals surface area contributed by atoms with Crippen LogP contribution in [0.25, 0.3) is 0 Å². The summed E-state index contributed by atoms with van der Waals surface area (Å²) in [4.78, 5) is 17.1. The van der Waals surface area contributed by atoms with Gasteiger partial charge in [0.15, 0.2) is 0 Å². The van der Waals surface area contributed by atoms with Crippen molar-refractivity contribution in [3.8, 4) is 0 Å². The fourth-order valence-electron chi connectivity index (χ4n) is 2.03. The molecule has 1 aromatic heterocycles. The van der Waals surface area contributed by atoms with Gasteiger partial charge in [-0.25, -0.2) is 0 Å². The van der Waals surface area contributed by atoms with E-state index in [0.717, 1.165) is 11.4 Å². The summed E-state index contributed by atoms with van der Waals surface area (Å²) in [5.74, 6) is 0.116. The van der Waals surface area contributed by atoms with Gasteiger partial charge in [0.2, 0.25) is 5.91 Å². The quantitative estimate of drug-likeness (QED) is 0.879. The molecular weight excluding hydrogens is 224 g/mol. The Balaban J connectivity index is 2.15. The van der Waals surface area contributed by atoms with E-state index in [2.05, 4.69) is 4.98 Å². The summed E-state index contributed by atoms with van der Waals surface area (Å²) in [6.45, 7) is 4.71. The van der Waals surface area contributed by atoms with Gasteiger partial charge in [-0.05, 0) is 43.7 Å². The summed E-state index contributed by atoms with van der Waals surface area (Å²) < 4.78 is 0. The van der Waals surface area contributed by atoms with E-state index in [0.29, 0.717) is 13.0 Å². The number of carbonyl (C=O) groups excluding carboxylic acids is 1. The second kappa shape index (κ2) is 5.54. The lowest BCUT2D eigenvalue weighted by Crippen LogP contribution is -2.32. The third-order valence-corrected chi connectivity index (χ3v) is 2.93. The van der Waals surface area contributed by atoms with Gasteiger partial charge in [0.25, 0.3) is 0 Å². The Morgan fingerprint density at radius 2 is 2.11 bits per heavy atom. The van der Waals surface area contributed by atoms with E-state index >= 15 is 0 Å². The number of benzene rings is 1. The van der Waals surface area contributed by atoms with E-state index in [1.165, 1.54) is 5.56 Å². The Labute approximate surface area is 107 Å². The molecule has 0 fully saturated rings. The highest BCUT2D eigenvalue weighted by molar-refractivity contribution is 5.94. The molecule has 1 heterocycles. The van der Waals surface area contributed by atoms with E-state index in [1.54, 1.807) is 0 Å². The first kappa shape index (κ1) is 12.4. The zero-order valence-corrected chi connectivity index (χ0v) is 10.8. The number of hydrogen-bond acceptors (Lipinski definition) is 1. The highest BCUT2D eigenvalue weighted by Gasteiger charge is 2.14. The molecular formula is C15H18N2O. The summed E-state index contributed by atoms with van der Waals surface area (Å²) in [6.07, 6.45) is 2.25. The van der Waals surface area contributed by atoms with Crippen molar-refractivity contribution in [1.29, 1.82) is 0 Å². The van der Waals surface area contributed by atoms with Crippen LogP contribution in [0.3, 0.4) is 0 Å². The van der Waals surface area contributed by atoms with E-state index in [4.69, 9.17) is 0 Å². The predicted octanol–water partition coefficient (Wildman–Crippen LogP) is 2.92. The third-order valence-electron chi connectivity index (χ3n) is 2.93. The number of H-pyrrole nitrogens is 1. The van der Waals surface area contributed by atoms with Crippen molar-refractivity contribution in [2.75, 3.05) is 11.4 Å². The van der Waals surface area contributed by atoms with Gasteiger partial charge in [-0.3, -0.25) is 4.79 Å². The van der Waals surface area contributed by atoms with Crippen LogP contribution in [0.2, 0.25) is 0 Å². The average molecular weight is 242 g/mol. The molecule has 0 aliphatic carbocycles. The van der Waals surface area contributed by atoms with Crippen molar-refractivity contribution < 1.29 is 4.79 Å². The maximum atomic E-state index is 12.3. The maximum Gasteiger partial charge on any atom is 0.232 e. The van der Waals surface area contributed by atoms with Gasteiger partial charge in [0, 0.05) is 24.1 Å². The van der Waals surface area contributed by atoms with Gasteiger partial charge in [0.05, 0.1) is 6.42 Å². The lowest BCUT2D eigenvalue weighted by atomic mass is 10.2. The van der Waals surface area contributed by atoms with Crippen molar-refractivity contribution in [3.63, 3.8) is 0 Å². The van der Waals surface area contributed by atoms with Gasteiger partial charge in [-0.15, -0.1) is 0 Å². The van der Waals surface area contributed by atoms with Crippen LogP contribution in [0.5, 0.6) is 0 Å². The molecule has 0 unspecified atom stereocenters. The molecule has 1 aromatic carbocycles. The molecule has 18 heavy (non-hydrogen) atoms. The molecule has 1 amide bonds. The Morgan fingerprint density at radius 1 is 1.28 bits per heavy atom. The number of carbonyl (C=O) groups is 1. The van der Waals surface area contributed by atoms with Gasteiger partial charge >= 0.3 is 0 Å². The zero-order valence-electron chi connectivity index (χ0n) is 10.8. The molecule has 0 aliphatic heterocycles. The van der Waals surface area contributed by atoms with Crippen LogP contribution in [-0.2, 0) is 11.2 Å². The summed E-state index contributed by atoms with van der Waals surface area (Å²) in [6, 6.07) is 11.9. The number of aromatic amines is 1. The fraction of sp³-hybridized carbons (Fsp3) is 0.267. The number of likely N-dealkylation sites (N-methyl/N-ethyl adjacent to an activating group) is 1. The molecule has 0 atom stereocenters. The smallest absolute Gasteiger partial charge is 0.232 e. The molecule has 2 aromatic rings. The molecule has 3 heteroatoms. The minimum absolute atomic E-state index is 0.116. The van der Waals surface area contributed by atoms with Gasteiger partial charge in [-0.2, -0.15) is 0 Å². The summed E-state index contributed by atoms with van der Waals surface area (Å²) in [7, 11) is 0. The number of rotatable bonds is 4. The van der Waals surface area contributed by atoms with Crippen molar-refractivity contribution in [2.45, 2.75) is 20.3 Å². The highest BCUT2D eigenvalue weighted by atomic mass is 16.2. The number of nitrogens with zero attached hydrogens (tertiary/aromatic N) is 1. The zero-order chi connectivity index (χ0) is 13.0. The number of aryl methyl sites for hydroxylation is 1. The number of nitrogens with one attached hydrogen (secondary N) is 1. The van der Waals surface area contributed by atoms with Crippen molar-refractivity contribution in [2.24, 2.45) is 0 Å². The van der Waals surface area contributed by atoms with Crippen LogP contribution in [0.1, 0.15) is 18.2 Å². The Hall–Kier alpha value is -2.03. The number of aromatic nitrogens is 1. The van der Waals surface area contributed by atoms with Gasteiger partial charge in [-0.1, -0.05) is 12.1 Å². The first-order valence-electron chi connectivity index (χ1n) is 6.20.